The van der Waals surface area contributed by atoms with Crippen molar-refractivity contribution in [3.05, 3.63) is 188 Å². The predicted molar refractivity (Wildman–Crippen MR) is 252 cm³/mol. The Bertz CT molecular complexity index is 3580. The van der Waals surface area contributed by atoms with Crippen molar-refractivity contribution in [3.8, 4) is 62.7 Å². The SMILES string of the molecule is C/C=C\N=C(N)c1ccc2c3ccc(-c4ncccn4)cc3n(-c3cncc(-n4c5cc(-c6ncccn6)ccc5c5ccc(-c6ncccn6)cc54)c3-c3ccc(C#N)cc3)c2c1. The highest BCUT2D eigenvalue weighted by Crippen LogP contribution is 2.43. The molecular formula is C52H34N12. The van der Waals surface area contributed by atoms with Gasteiger partial charge in [-0.15, -0.1) is 0 Å². The molecule has 0 atom stereocenters. The van der Waals surface area contributed by atoms with Crippen molar-refractivity contribution in [2.75, 3.05) is 0 Å². The second kappa shape index (κ2) is 15.7. The molecule has 0 radical (unpaired) electrons. The Morgan fingerprint density at radius 3 is 1.38 bits per heavy atom. The van der Waals surface area contributed by atoms with Crippen LogP contribution < -0.4 is 5.73 Å². The van der Waals surface area contributed by atoms with Crippen molar-refractivity contribution in [1.82, 2.24) is 44.0 Å². The van der Waals surface area contributed by atoms with Gasteiger partial charge in [-0.25, -0.2) is 34.9 Å². The topological polar surface area (TPSA) is 162 Å². The van der Waals surface area contributed by atoms with Crippen LogP contribution in [0.25, 0.3) is 100 Å². The first-order valence-electron chi connectivity index (χ1n) is 20.5. The molecular weight excluding hydrogens is 793 g/mol. The molecule has 12 nitrogen and oxygen atoms in total. The van der Waals surface area contributed by atoms with Gasteiger partial charge in [-0.05, 0) is 67.1 Å². The zero-order chi connectivity index (χ0) is 43.1. The standard InChI is InChI=1S/C52H34N12/c1-2-18-56-49(54)34-10-14-38-39-15-11-35(50-57-19-3-20-58-50)26-43(39)63(42(38)25-34)46-30-55-31-47(48(46)33-8-6-32(29-53)7-9-33)64-44-27-36(51-59-21-4-22-60-51)12-16-40(44)41-17-13-37(28-45(41)64)52-61-23-5-24-62-52/h2-28,30-31H,1H3,(H2,54,56)/b18-2-. The van der Waals surface area contributed by atoms with Crippen molar-refractivity contribution in [1.29, 1.82) is 5.26 Å². The van der Waals surface area contributed by atoms with Crippen LogP contribution in [0.4, 0.5) is 0 Å². The van der Waals surface area contributed by atoms with Gasteiger partial charge in [-0.1, -0.05) is 66.7 Å². The summed E-state index contributed by atoms with van der Waals surface area (Å²) in [5, 5.41) is 14.0. The second-order valence-electron chi connectivity index (χ2n) is 15.1. The lowest BCUT2D eigenvalue weighted by atomic mass is 10.0. The number of hydrogen-bond acceptors (Lipinski definition) is 9. The number of nitrogens with two attached hydrogens (primary N) is 1. The first-order chi connectivity index (χ1) is 31.6. The molecule has 0 amide bonds. The van der Waals surface area contributed by atoms with E-state index in [0.717, 1.165) is 88.4 Å². The van der Waals surface area contributed by atoms with E-state index in [4.69, 9.17) is 10.7 Å². The van der Waals surface area contributed by atoms with E-state index in [0.29, 0.717) is 28.9 Å². The van der Waals surface area contributed by atoms with Crippen LogP contribution in [-0.4, -0.2) is 49.9 Å². The number of hydrogen-bond donors (Lipinski definition) is 1. The third-order valence-electron chi connectivity index (χ3n) is 11.4. The predicted octanol–water partition coefficient (Wildman–Crippen LogP) is 10.4. The minimum atomic E-state index is 0.385. The molecule has 64 heavy (non-hydrogen) atoms. The minimum absolute atomic E-state index is 0.385. The Balaban J connectivity index is 1.28. The fourth-order valence-electron chi connectivity index (χ4n) is 8.49. The van der Waals surface area contributed by atoms with E-state index >= 15 is 0 Å². The van der Waals surface area contributed by atoms with Crippen LogP contribution in [-0.2, 0) is 0 Å². The van der Waals surface area contributed by atoms with Gasteiger partial charge >= 0.3 is 0 Å². The minimum Gasteiger partial charge on any atom is -0.383 e. The van der Waals surface area contributed by atoms with Gasteiger partial charge in [0.15, 0.2) is 17.5 Å². The third-order valence-corrected chi connectivity index (χ3v) is 11.4. The molecule has 12 heteroatoms. The molecule has 0 saturated carbocycles. The van der Waals surface area contributed by atoms with Crippen molar-refractivity contribution in [3.63, 3.8) is 0 Å². The highest BCUT2D eigenvalue weighted by Gasteiger charge is 2.24. The molecule has 0 aliphatic carbocycles. The Morgan fingerprint density at radius 2 is 0.953 bits per heavy atom. The molecule has 0 spiro atoms. The number of nitrogens with zero attached hydrogens (tertiary/aromatic N) is 11. The second-order valence-corrected chi connectivity index (χ2v) is 15.1. The summed E-state index contributed by atoms with van der Waals surface area (Å²) in [6.07, 6.45) is 17.8. The zero-order valence-corrected chi connectivity index (χ0v) is 34.2. The van der Waals surface area contributed by atoms with Gasteiger partial charge < -0.3 is 14.9 Å². The number of rotatable bonds is 8. The summed E-state index contributed by atoms with van der Waals surface area (Å²) in [7, 11) is 0. The lowest BCUT2D eigenvalue weighted by molar-refractivity contribution is 1.09. The van der Waals surface area contributed by atoms with Crippen LogP contribution >= 0.6 is 0 Å². The molecule has 0 unspecified atom stereocenters. The van der Waals surface area contributed by atoms with Crippen LogP contribution in [0, 0.1) is 11.3 Å². The normalized spacial score (nSPS) is 11.9. The molecule has 11 rings (SSSR count). The molecule has 0 saturated heterocycles. The number of aromatic nitrogens is 9. The number of benzene rings is 5. The molecule has 2 N–H and O–H groups in total. The van der Waals surface area contributed by atoms with Crippen molar-refractivity contribution >= 4 is 49.4 Å². The van der Waals surface area contributed by atoms with E-state index in [1.165, 1.54) is 0 Å². The smallest absolute Gasteiger partial charge is 0.159 e. The molecule has 5 aromatic carbocycles. The van der Waals surface area contributed by atoms with E-state index in [1.807, 2.05) is 80.0 Å². The maximum atomic E-state index is 9.94. The van der Waals surface area contributed by atoms with E-state index in [2.05, 4.69) is 111 Å². The van der Waals surface area contributed by atoms with Crippen LogP contribution in [0.15, 0.2) is 182 Å². The summed E-state index contributed by atoms with van der Waals surface area (Å²) in [5.41, 5.74) is 17.4. The van der Waals surface area contributed by atoms with E-state index < -0.39 is 0 Å². The number of allylic oxidation sites excluding steroid dienone is 1. The van der Waals surface area contributed by atoms with Gasteiger partial charge in [-0.2, -0.15) is 5.26 Å². The van der Waals surface area contributed by atoms with Gasteiger partial charge in [0.25, 0.3) is 0 Å². The van der Waals surface area contributed by atoms with Crippen LogP contribution in [0.1, 0.15) is 18.1 Å². The number of fused-ring (bicyclic) bond motifs is 6. The van der Waals surface area contributed by atoms with E-state index in [-0.39, 0.29) is 0 Å². The monoisotopic (exact) mass is 826 g/mol. The molecule has 6 aromatic heterocycles. The van der Waals surface area contributed by atoms with Gasteiger partial charge in [-0.3, -0.25) is 4.98 Å². The van der Waals surface area contributed by atoms with Crippen molar-refractivity contribution < 1.29 is 0 Å². The van der Waals surface area contributed by atoms with Crippen molar-refractivity contribution in [2.24, 2.45) is 10.7 Å². The van der Waals surface area contributed by atoms with Gasteiger partial charge in [0.2, 0.25) is 0 Å². The van der Waals surface area contributed by atoms with Crippen molar-refractivity contribution in [2.45, 2.75) is 6.92 Å². The van der Waals surface area contributed by atoms with E-state index in [9.17, 15) is 5.26 Å². The van der Waals surface area contributed by atoms with Gasteiger partial charge in [0.1, 0.15) is 5.84 Å². The lowest BCUT2D eigenvalue weighted by Gasteiger charge is -2.20. The van der Waals surface area contributed by atoms with Gasteiger partial charge in [0, 0.05) is 92.7 Å². The first-order valence-corrected chi connectivity index (χ1v) is 20.5. The highest BCUT2D eigenvalue weighted by atomic mass is 15.0. The fraction of sp³-hybridized carbons (Fsp3) is 0.0192. The molecule has 0 bridgehead atoms. The molecule has 11 aromatic rings. The first kappa shape index (κ1) is 37.8. The maximum absolute atomic E-state index is 9.94. The quantitative estimate of drug-likeness (QED) is 0.116. The summed E-state index contributed by atoms with van der Waals surface area (Å²) in [6, 6.07) is 40.5. The number of pyridine rings is 1. The highest BCUT2D eigenvalue weighted by molar-refractivity contribution is 6.14. The number of amidine groups is 1. The molecule has 0 aliphatic heterocycles. The summed E-state index contributed by atoms with van der Waals surface area (Å²) in [5.74, 6) is 2.20. The number of nitriles is 1. The molecule has 0 aliphatic rings. The summed E-state index contributed by atoms with van der Waals surface area (Å²) in [6.45, 7) is 1.90. The van der Waals surface area contributed by atoms with Crippen LogP contribution in [0.5, 0.6) is 0 Å². The average Bonchev–Trinajstić information content (AvgIpc) is 3.87. The largest absolute Gasteiger partial charge is 0.383 e. The fourth-order valence-corrected chi connectivity index (χ4v) is 8.49. The molecule has 0 fully saturated rings. The number of aliphatic imine (C=N–C) groups is 1. The summed E-state index contributed by atoms with van der Waals surface area (Å²) < 4.78 is 4.48. The Morgan fingerprint density at radius 1 is 0.547 bits per heavy atom. The molecule has 6 heterocycles. The van der Waals surface area contributed by atoms with Gasteiger partial charge in [0.05, 0.1) is 57.5 Å². The lowest BCUT2D eigenvalue weighted by Crippen LogP contribution is -2.12. The van der Waals surface area contributed by atoms with Crippen LogP contribution in [0.2, 0.25) is 0 Å². The summed E-state index contributed by atoms with van der Waals surface area (Å²) in [4.78, 5) is 37.2. The Hall–Kier alpha value is -9.21. The summed E-state index contributed by atoms with van der Waals surface area (Å²) >= 11 is 0. The molecule has 302 valence electrons. The zero-order valence-electron chi connectivity index (χ0n) is 34.2. The average molecular weight is 827 g/mol. The third kappa shape index (κ3) is 6.40. The Labute approximate surface area is 366 Å². The van der Waals surface area contributed by atoms with E-state index in [1.54, 1.807) is 43.4 Å². The maximum Gasteiger partial charge on any atom is 0.159 e. The Kier molecular flexibility index (Phi) is 9.25. The van der Waals surface area contributed by atoms with Crippen LogP contribution in [0.3, 0.4) is 0 Å².